The number of amides is 1. The third-order valence-electron chi connectivity index (χ3n) is 6.89. The summed E-state index contributed by atoms with van der Waals surface area (Å²) in [5.41, 5.74) is 5.92. The molecule has 0 spiro atoms. The number of aromatic nitrogens is 5. The second-order valence-electron chi connectivity index (χ2n) is 9.90. The molecule has 0 bridgehead atoms. The zero-order chi connectivity index (χ0) is 29.1. The highest BCUT2D eigenvalue weighted by molar-refractivity contribution is 7.91. The van der Waals surface area contributed by atoms with Gasteiger partial charge in [0.15, 0.2) is 9.84 Å². The molecule has 0 saturated carbocycles. The molecule has 216 valence electrons. The number of cyclic esters (lactones) is 1. The van der Waals surface area contributed by atoms with E-state index in [1.54, 1.807) is 65.7 Å². The Bertz CT molecular complexity index is 1700. The van der Waals surface area contributed by atoms with Gasteiger partial charge in [0.25, 0.3) is 0 Å². The molecule has 2 atom stereocenters. The maximum Gasteiger partial charge on any atom is 0.414 e. The Morgan fingerprint density at radius 2 is 1.95 bits per heavy atom. The minimum Gasteiger partial charge on any atom is -0.442 e. The standard InChI is InChI=1S/C28H26FN7O5S/c29-25-13-21(36-17-23(40-28(36)37)16-35-11-10-32-34-35)2-3-24(25)20-1-4-26(31-15-20)27-14-22(41-33-27)18-42(38,39)12-7-19-5-8-30-9-6-19/h1-6,8-11,13-15,22-23,33H,7,12,16-18H2/t22?,23-/m0/s1. The monoisotopic (exact) mass is 591 g/mol. The molecule has 0 aliphatic carbocycles. The van der Waals surface area contributed by atoms with Crippen molar-refractivity contribution in [3.8, 4) is 11.1 Å². The molecular formula is C28H26FN7O5S. The lowest BCUT2D eigenvalue weighted by Gasteiger charge is -2.14. The second kappa shape index (κ2) is 11.7. The largest absolute Gasteiger partial charge is 0.442 e. The van der Waals surface area contributed by atoms with Gasteiger partial charge in [0.1, 0.15) is 18.0 Å². The number of carbonyl (C=O) groups excluding carboxylic acids is 1. The highest BCUT2D eigenvalue weighted by Gasteiger charge is 2.33. The van der Waals surface area contributed by atoms with Crippen LogP contribution in [0.2, 0.25) is 0 Å². The molecule has 12 nitrogen and oxygen atoms in total. The van der Waals surface area contributed by atoms with Crippen LogP contribution in [0.1, 0.15) is 11.3 Å². The van der Waals surface area contributed by atoms with Crippen LogP contribution in [-0.2, 0) is 32.4 Å². The number of hydroxylamine groups is 1. The van der Waals surface area contributed by atoms with Crippen LogP contribution in [0.25, 0.3) is 16.8 Å². The van der Waals surface area contributed by atoms with Crippen LogP contribution in [0.15, 0.2) is 79.5 Å². The first-order valence-electron chi connectivity index (χ1n) is 13.1. The lowest BCUT2D eigenvalue weighted by molar-refractivity contribution is 0.0641. The normalized spacial score (nSPS) is 18.5. The Labute approximate surface area is 240 Å². The van der Waals surface area contributed by atoms with E-state index in [0.29, 0.717) is 41.2 Å². The number of benzene rings is 1. The molecule has 1 amide bonds. The van der Waals surface area contributed by atoms with Crippen molar-refractivity contribution in [1.29, 1.82) is 0 Å². The first kappa shape index (κ1) is 27.5. The Morgan fingerprint density at radius 1 is 1.10 bits per heavy atom. The van der Waals surface area contributed by atoms with Crippen LogP contribution in [0.5, 0.6) is 0 Å². The average molecular weight is 592 g/mol. The van der Waals surface area contributed by atoms with Crippen LogP contribution >= 0.6 is 0 Å². The molecule has 3 aromatic heterocycles. The number of anilines is 1. The minimum absolute atomic E-state index is 0.000133. The summed E-state index contributed by atoms with van der Waals surface area (Å²) in [4.78, 5) is 27.6. The number of aryl methyl sites for hydroxylation is 1. The second-order valence-corrected chi connectivity index (χ2v) is 12.1. The van der Waals surface area contributed by atoms with Gasteiger partial charge < -0.3 is 4.74 Å². The molecule has 1 N–H and O–H groups in total. The fraction of sp³-hybridized carbons (Fsp3) is 0.250. The zero-order valence-corrected chi connectivity index (χ0v) is 23.0. The topological polar surface area (TPSA) is 141 Å². The fourth-order valence-electron chi connectivity index (χ4n) is 4.75. The number of halogens is 1. The smallest absolute Gasteiger partial charge is 0.414 e. The van der Waals surface area contributed by atoms with E-state index in [9.17, 15) is 13.2 Å². The predicted molar refractivity (Wildman–Crippen MR) is 150 cm³/mol. The number of hydrogen-bond acceptors (Lipinski definition) is 10. The third-order valence-corrected chi connectivity index (χ3v) is 8.56. The van der Waals surface area contributed by atoms with Gasteiger partial charge >= 0.3 is 6.09 Å². The number of sulfone groups is 1. The molecule has 1 aromatic carbocycles. The fourth-order valence-corrected chi connectivity index (χ4v) is 6.13. The van der Waals surface area contributed by atoms with Gasteiger partial charge in [-0.1, -0.05) is 11.3 Å². The number of pyridine rings is 2. The lowest BCUT2D eigenvalue weighted by Crippen LogP contribution is -2.26. The van der Waals surface area contributed by atoms with Gasteiger partial charge in [-0.05, 0) is 54.5 Å². The van der Waals surface area contributed by atoms with E-state index in [-0.39, 0.29) is 18.1 Å². The molecular weight excluding hydrogens is 565 g/mol. The van der Waals surface area contributed by atoms with Crippen LogP contribution in [0.3, 0.4) is 0 Å². The molecule has 1 fully saturated rings. The first-order valence-corrected chi connectivity index (χ1v) is 15.0. The summed E-state index contributed by atoms with van der Waals surface area (Å²) in [6, 6.07) is 11.5. The van der Waals surface area contributed by atoms with Crippen molar-refractivity contribution in [2.75, 3.05) is 23.0 Å². The van der Waals surface area contributed by atoms with E-state index in [0.717, 1.165) is 5.56 Å². The van der Waals surface area contributed by atoms with Gasteiger partial charge in [0.2, 0.25) is 0 Å². The molecule has 1 saturated heterocycles. The highest BCUT2D eigenvalue weighted by atomic mass is 32.2. The first-order chi connectivity index (χ1) is 20.3. The van der Waals surface area contributed by atoms with Gasteiger partial charge in [0, 0.05) is 35.9 Å². The van der Waals surface area contributed by atoms with Crippen LogP contribution in [0.4, 0.5) is 14.9 Å². The number of rotatable bonds is 10. The summed E-state index contributed by atoms with van der Waals surface area (Å²) in [5.74, 6) is -0.691. The van der Waals surface area contributed by atoms with E-state index in [1.165, 1.54) is 23.4 Å². The van der Waals surface area contributed by atoms with Crippen molar-refractivity contribution < 1.29 is 27.2 Å². The number of hydrogen-bond donors (Lipinski definition) is 1. The number of nitrogens with zero attached hydrogens (tertiary/aromatic N) is 6. The van der Waals surface area contributed by atoms with Gasteiger partial charge in [-0.2, -0.15) is 0 Å². The van der Waals surface area contributed by atoms with Gasteiger partial charge in [-0.15, -0.1) is 5.10 Å². The summed E-state index contributed by atoms with van der Waals surface area (Å²) in [6.45, 7) is 0.602. The summed E-state index contributed by atoms with van der Waals surface area (Å²) < 4.78 is 47.3. The summed E-state index contributed by atoms with van der Waals surface area (Å²) in [6.07, 6.45) is 8.41. The van der Waals surface area contributed by atoms with Crippen LogP contribution < -0.4 is 10.4 Å². The lowest BCUT2D eigenvalue weighted by atomic mass is 10.1. The van der Waals surface area contributed by atoms with Crippen molar-refractivity contribution in [1.82, 2.24) is 30.4 Å². The molecule has 1 unspecified atom stereocenters. The molecule has 5 heterocycles. The predicted octanol–water partition coefficient (Wildman–Crippen LogP) is 2.80. The van der Waals surface area contributed by atoms with E-state index >= 15 is 4.39 Å². The van der Waals surface area contributed by atoms with Crippen molar-refractivity contribution in [2.45, 2.75) is 25.2 Å². The Morgan fingerprint density at radius 3 is 2.69 bits per heavy atom. The molecule has 42 heavy (non-hydrogen) atoms. The van der Waals surface area contributed by atoms with E-state index in [1.807, 2.05) is 0 Å². The number of carbonyl (C=O) groups is 1. The molecule has 6 rings (SSSR count). The van der Waals surface area contributed by atoms with E-state index < -0.39 is 34.0 Å². The SMILES string of the molecule is O=C1O[C@@H](Cn2ccnn2)CN1c1ccc(-c2ccc(C3=CC(CS(=O)(=O)CCc4ccncc4)ON3)nc2)c(F)c1. The highest BCUT2D eigenvalue weighted by Crippen LogP contribution is 2.30. The Hall–Kier alpha value is -4.69. The third kappa shape index (κ3) is 6.29. The summed E-state index contributed by atoms with van der Waals surface area (Å²) in [7, 11) is -3.38. The van der Waals surface area contributed by atoms with Crippen molar-refractivity contribution in [2.24, 2.45) is 0 Å². The summed E-state index contributed by atoms with van der Waals surface area (Å²) in [5, 5.41) is 7.61. The summed E-state index contributed by atoms with van der Waals surface area (Å²) >= 11 is 0. The maximum atomic E-state index is 15.2. The molecule has 2 aliphatic heterocycles. The quantitative estimate of drug-likeness (QED) is 0.293. The average Bonchev–Trinajstić information content (AvgIpc) is 3.75. The van der Waals surface area contributed by atoms with E-state index in [2.05, 4.69) is 25.8 Å². The van der Waals surface area contributed by atoms with Crippen molar-refractivity contribution in [3.05, 3.63) is 96.6 Å². The van der Waals surface area contributed by atoms with Crippen molar-refractivity contribution >= 4 is 27.3 Å². The number of ether oxygens (including phenoxy) is 1. The Kier molecular flexibility index (Phi) is 7.63. The molecule has 14 heteroatoms. The van der Waals surface area contributed by atoms with Crippen LogP contribution in [-0.4, -0.2) is 69.7 Å². The zero-order valence-electron chi connectivity index (χ0n) is 22.2. The molecule has 2 aliphatic rings. The molecule has 0 radical (unpaired) electrons. The van der Waals surface area contributed by atoms with E-state index in [4.69, 9.17) is 9.57 Å². The van der Waals surface area contributed by atoms with Gasteiger partial charge in [0.05, 0.1) is 47.9 Å². The van der Waals surface area contributed by atoms with Crippen molar-refractivity contribution in [3.63, 3.8) is 0 Å². The maximum absolute atomic E-state index is 15.2. The van der Waals surface area contributed by atoms with Gasteiger partial charge in [-0.25, -0.2) is 22.3 Å². The van der Waals surface area contributed by atoms with Crippen LogP contribution in [0, 0.1) is 5.82 Å². The van der Waals surface area contributed by atoms with Gasteiger partial charge in [-0.3, -0.25) is 25.2 Å². The number of nitrogens with one attached hydrogen (secondary N) is 1. The minimum atomic E-state index is -3.38. The Balaban J connectivity index is 1.08. The molecule has 4 aromatic rings.